The predicted molar refractivity (Wildman–Crippen MR) is 128 cm³/mol. The van der Waals surface area contributed by atoms with Gasteiger partial charge in [0.05, 0.1) is 11.2 Å². The van der Waals surface area contributed by atoms with Gasteiger partial charge < -0.3 is 4.40 Å². The Morgan fingerprint density at radius 3 is 2.03 bits per heavy atom. The van der Waals surface area contributed by atoms with Gasteiger partial charge in [-0.2, -0.15) is 0 Å². The van der Waals surface area contributed by atoms with Crippen LogP contribution in [0, 0.1) is 13.8 Å². The normalized spacial score (nSPS) is 11.1. The lowest BCUT2D eigenvalue weighted by molar-refractivity contribution is 0.103. The van der Waals surface area contributed by atoms with Gasteiger partial charge in [0.25, 0.3) is 5.56 Å². The number of aromatic nitrogens is 2. The van der Waals surface area contributed by atoms with Crippen LogP contribution < -0.4 is 5.56 Å². The van der Waals surface area contributed by atoms with E-state index in [1.807, 2.05) is 97.2 Å². The van der Waals surface area contributed by atoms with Crippen LogP contribution in [-0.4, -0.2) is 14.8 Å². The Labute approximate surface area is 186 Å². The van der Waals surface area contributed by atoms with Gasteiger partial charge in [0, 0.05) is 29.6 Å². The third kappa shape index (κ3) is 3.26. The lowest BCUT2D eigenvalue weighted by Gasteiger charge is -2.10. The van der Waals surface area contributed by atoms with Crippen LogP contribution in [0.2, 0.25) is 0 Å². The molecule has 0 aliphatic rings. The molecule has 32 heavy (non-hydrogen) atoms. The second kappa shape index (κ2) is 7.82. The molecule has 0 fully saturated rings. The van der Waals surface area contributed by atoms with Crippen molar-refractivity contribution in [3.05, 3.63) is 130 Å². The summed E-state index contributed by atoms with van der Waals surface area (Å²) >= 11 is 0. The Kier molecular flexibility index (Phi) is 4.83. The van der Waals surface area contributed by atoms with E-state index in [0.29, 0.717) is 16.9 Å². The summed E-state index contributed by atoms with van der Waals surface area (Å²) in [5, 5.41) is 0. The summed E-state index contributed by atoms with van der Waals surface area (Å²) in [6.07, 6.45) is 3.63. The molecular formula is C28H22N2O2. The number of nitrogens with zero attached hydrogens (tertiary/aromatic N) is 2. The van der Waals surface area contributed by atoms with Crippen LogP contribution in [0.1, 0.15) is 27.2 Å². The van der Waals surface area contributed by atoms with Crippen molar-refractivity contribution in [2.75, 3.05) is 0 Å². The highest BCUT2D eigenvalue weighted by Gasteiger charge is 2.26. The predicted octanol–water partition coefficient (Wildman–Crippen LogP) is 5.61. The number of rotatable bonds is 4. The van der Waals surface area contributed by atoms with E-state index in [9.17, 15) is 9.59 Å². The van der Waals surface area contributed by atoms with Gasteiger partial charge in [-0.3, -0.25) is 14.2 Å². The molecule has 0 amide bonds. The molecule has 0 N–H and O–H groups in total. The van der Waals surface area contributed by atoms with E-state index in [4.69, 9.17) is 0 Å². The number of carbonyl (C=O) groups is 1. The molecule has 0 atom stereocenters. The average molecular weight is 418 g/mol. The Balaban J connectivity index is 1.91. The van der Waals surface area contributed by atoms with Gasteiger partial charge in [-0.25, -0.2) is 0 Å². The van der Waals surface area contributed by atoms with Crippen LogP contribution >= 0.6 is 0 Å². The first-order valence-electron chi connectivity index (χ1n) is 10.5. The quantitative estimate of drug-likeness (QED) is 0.356. The maximum atomic E-state index is 13.9. The zero-order valence-electron chi connectivity index (χ0n) is 17.9. The molecule has 5 aromatic rings. The zero-order valence-corrected chi connectivity index (χ0v) is 17.9. The molecule has 4 heteroatoms. The Morgan fingerprint density at radius 1 is 0.719 bits per heavy atom. The summed E-state index contributed by atoms with van der Waals surface area (Å²) in [5.74, 6) is -0.0861. The molecule has 0 unspecified atom stereocenters. The second-order valence-electron chi connectivity index (χ2n) is 8.00. The molecule has 0 saturated heterocycles. The van der Waals surface area contributed by atoms with E-state index in [2.05, 4.69) is 0 Å². The number of benzene rings is 2. The summed E-state index contributed by atoms with van der Waals surface area (Å²) < 4.78 is 3.52. The number of ketones is 1. The van der Waals surface area contributed by atoms with Crippen molar-refractivity contribution in [3.8, 4) is 16.8 Å². The van der Waals surface area contributed by atoms with Crippen molar-refractivity contribution in [1.82, 2.24) is 8.97 Å². The maximum absolute atomic E-state index is 13.9. The molecule has 0 aliphatic carbocycles. The number of pyridine rings is 2. The molecule has 5 rings (SSSR count). The fourth-order valence-electron chi connectivity index (χ4n) is 4.11. The molecule has 0 aliphatic heterocycles. The number of aryl methyl sites for hydroxylation is 2. The third-order valence-corrected chi connectivity index (χ3v) is 5.75. The van der Waals surface area contributed by atoms with Crippen molar-refractivity contribution in [1.29, 1.82) is 0 Å². The Morgan fingerprint density at radius 2 is 1.34 bits per heavy atom. The van der Waals surface area contributed by atoms with E-state index in [1.165, 1.54) is 6.07 Å². The number of hydrogen-bond donors (Lipinski definition) is 0. The van der Waals surface area contributed by atoms with Crippen molar-refractivity contribution in [3.63, 3.8) is 0 Å². The van der Waals surface area contributed by atoms with Crippen LogP contribution in [0.5, 0.6) is 0 Å². The molecule has 0 radical (unpaired) electrons. The van der Waals surface area contributed by atoms with Crippen LogP contribution in [0.15, 0.2) is 102 Å². The molecule has 4 nitrogen and oxygen atoms in total. The number of fused-ring (bicyclic) bond motifs is 1. The molecular weight excluding hydrogens is 396 g/mol. The topological polar surface area (TPSA) is 43.5 Å². The fraction of sp³-hybridized carbons (Fsp3) is 0.0714. The van der Waals surface area contributed by atoms with Gasteiger partial charge in [-0.1, -0.05) is 71.8 Å². The van der Waals surface area contributed by atoms with Crippen LogP contribution in [-0.2, 0) is 0 Å². The van der Waals surface area contributed by atoms with E-state index < -0.39 is 0 Å². The molecule has 0 spiro atoms. The first-order chi connectivity index (χ1) is 15.5. The lowest BCUT2D eigenvalue weighted by Crippen LogP contribution is -2.16. The van der Waals surface area contributed by atoms with Crippen molar-refractivity contribution >= 4 is 11.3 Å². The fourth-order valence-corrected chi connectivity index (χ4v) is 4.11. The lowest BCUT2D eigenvalue weighted by atomic mass is 9.97. The highest BCUT2D eigenvalue weighted by Crippen LogP contribution is 2.37. The van der Waals surface area contributed by atoms with Crippen LogP contribution in [0.4, 0.5) is 0 Å². The summed E-state index contributed by atoms with van der Waals surface area (Å²) in [7, 11) is 0. The summed E-state index contributed by atoms with van der Waals surface area (Å²) in [5.41, 5.74) is 6.36. The van der Waals surface area contributed by atoms with Gasteiger partial charge in [0.2, 0.25) is 5.78 Å². The number of hydrogen-bond acceptors (Lipinski definition) is 2. The van der Waals surface area contributed by atoms with Crippen molar-refractivity contribution < 1.29 is 4.79 Å². The van der Waals surface area contributed by atoms with Gasteiger partial charge in [0.1, 0.15) is 5.69 Å². The highest BCUT2D eigenvalue weighted by atomic mass is 16.1. The van der Waals surface area contributed by atoms with Gasteiger partial charge in [-0.15, -0.1) is 0 Å². The molecule has 156 valence electrons. The Hall–Kier alpha value is -4.18. The molecule has 2 aromatic carbocycles. The maximum Gasteiger partial charge on any atom is 0.255 e. The SMILES string of the molecule is Cc1ccc(C(=O)c2c(-c3ccc(C)cc3)c(-n3ccccc3=O)c3ccccn23)cc1. The highest BCUT2D eigenvalue weighted by molar-refractivity contribution is 6.15. The van der Waals surface area contributed by atoms with Crippen molar-refractivity contribution in [2.24, 2.45) is 0 Å². The minimum atomic E-state index is -0.147. The van der Waals surface area contributed by atoms with Crippen LogP contribution in [0.3, 0.4) is 0 Å². The Bertz CT molecular complexity index is 1500. The summed E-state index contributed by atoms with van der Waals surface area (Å²) in [6.45, 7) is 4.03. The van der Waals surface area contributed by atoms with Gasteiger partial charge >= 0.3 is 0 Å². The van der Waals surface area contributed by atoms with Gasteiger partial charge in [-0.05, 0) is 37.6 Å². The standard InChI is InChI=1S/C28H22N2O2/c1-19-9-13-21(14-10-19)25-26(30-18-6-4-8-24(30)31)23-7-3-5-17-29(23)27(25)28(32)22-15-11-20(2)12-16-22/h3-18H,1-2H3. The monoisotopic (exact) mass is 418 g/mol. The average Bonchev–Trinajstić information content (AvgIpc) is 3.15. The molecule has 0 saturated carbocycles. The van der Waals surface area contributed by atoms with E-state index in [0.717, 1.165) is 27.8 Å². The summed E-state index contributed by atoms with van der Waals surface area (Å²) in [4.78, 5) is 26.7. The minimum absolute atomic E-state index is 0.0861. The van der Waals surface area contributed by atoms with E-state index >= 15 is 0 Å². The first-order valence-corrected chi connectivity index (χ1v) is 10.5. The zero-order chi connectivity index (χ0) is 22.2. The second-order valence-corrected chi connectivity index (χ2v) is 8.00. The molecule has 0 bridgehead atoms. The number of carbonyl (C=O) groups excluding carboxylic acids is 1. The summed E-state index contributed by atoms with van der Waals surface area (Å²) in [6, 6.07) is 26.5. The third-order valence-electron chi connectivity index (χ3n) is 5.75. The first kappa shape index (κ1) is 19.8. The minimum Gasteiger partial charge on any atom is -0.311 e. The van der Waals surface area contributed by atoms with Crippen molar-refractivity contribution in [2.45, 2.75) is 13.8 Å². The van der Waals surface area contributed by atoms with Crippen LogP contribution in [0.25, 0.3) is 22.3 Å². The van der Waals surface area contributed by atoms with Gasteiger partial charge in [0.15, 0.2) is 0 Å². The molecule has 3 aromatic heterocycles. The molecule has 3 heterocycles. The largest absolute Gasteiger partial charge is 0.311 e. The van der Waals surface area contributed by atoms with E-state index in [1.54, 1.807) is 16.8 Å². The van der Waals surface area contributed by atoms with E-state index in [-0.39, 0.29) is 11.3 Å². The smallest absolute Gasteiger partial charge is 0.255 e.